The summed E-state index contributed by atoms with van der Waals surface area (Å²) in [5.41, 5.74) is 1.33. The Morgan fingerprint density at radius 2 is 2.00 bits per heavy atom. The Bertz CT molecular complexity index is 659. The van der Waals surface area contributed by atoms with Crippen LogP contribution >= 0.6 is 35.3 Å². The number of hydrogen-bond acceptors (Lipinski definition) is 4. The normalized spacial score (nSPS) is 12.6. The number of thiazole rings is 1. The fourth-order valence-electron chi connectivity index (χ4n) is 2.40. The van der Waals surface area contributed by atoms with E-state index in [1.165, 1.54) is 10.4 Å². The van der Waals surface area contributed by atoms with Gasteiger partial charge in [0.25, 0.3) is 0 Å². The summed E-state index contributed by atoms with van der Waals surface area (Å²) in [7, 11) is 3.95. The predicted molar refractivity (Wildman–Crippen MR) is 122 cm³/mol. The first-order valence-corrected chi connectivity index (χ1v) is 9.56. The topological polar surface area (TPSA) is 52.6 Å². The first kappa shape index (κ1) is 22.9. The molecule has 1 atom stereocenters. The molecule has 1 aromatic heterocycles. The van der Waals surface area contributed by atoms with Gasteiger partial charge in [0.15, 0.2) is 5.96 Å². The lowest BCUT2D eigenvalue weighted by Gasteiger charge is -2.25. The van der Waals surface area contributed by atoms with E-state index < -0.39 is 0 Å². The summed E-state index contributed by atoms with van der Waals surface area (Å²) in [5.74, 6) is 0.813. The van der Waals surface area contributed by atoms with E-state index in [4.69, 9.17) is 0 Å². The standard InChI is InChI=1S/C19H29N5S.HI/c1-5-17-12-21-18(25-17)13-23-19(20-3)22-11-15(2)24(4)14-16-9-7-6-8-10-16;/h6-10,12,15H,5,11,13-14H2,1-4H3,(H2,20,22,23);1H. The Morgan fingerprint density at radius 3 is 2.62 bits per heavy atom. The molecule has 0 bridgehead atoms. The van der Waals surface area contributed by atoms with Gasteiger partial charge in [-0.2, -0.15) is 0 Å². The van der Waals surface area contributed by atoms with Crippen LogP contribution in [-0.2, 0) is 19.5 Å². The third-order valence-corrected chi connectivity index (χ3v) is 5.31. The van der Waals surface area contributed by atoms with E-state index in [0.29, 0.717) is 12.6 Å². The molecule has 0 saturated heterocycles. The van der Waals surface area contributed by atoms with Crippen molar-refractivity contribution in [3.8, 4) is 0 Å². The zero-order valence-electron chi connectivity index (χ0n) is 16.0. The maximum atomic E-state index is 4.43. The summed E-state index contributed by atoms with van der Waals surface area (Å²) in [6, 6.07) is 10.9. The van der Waals surface area contributed by atoms with Gasteiger partial charge < -0.3 is 10.6 Å². The molecule has 0 aliphatic rings. The molecule has 0 fully saturated rings. The second-order valence-corrected chi connectivity index (χ2v) is 7.33. The predicted octanol–water partition coefficient (Wildman–Crippen LogP) is 3.51. The molecule has 26 heavy (non-hydrogen) atoms. The van der Waals surface area contributed by atoms with Crippen molar-refractivity contribution in [1.82, 2.24) is 20.5 Å². The Labute approximate surface area is 178 Å². The van der Waals surface area contributed by atoms with Crippen molar-refractivity contribution in [1.29, 1.82) is 0 Å². The van der Waals surface area contributed by atoms with Gasteiger partial charge in [0.2, 0.25) is 0 Å². The van der Waals surface area contributed by atoms with E-state index in [2.05, 4.69) is 76.7 Å². The lowest BCUT2D eigenvalue weighted by Crippen LogP contribution is -2.44. The number of guanidine groups is 1. The van der Waals surface area contributed by atoms with Crippen molar-refractivity contribution in [2.45, 2.75) is 39.4 Å². The Balaban J connectivity index is 0.00000338. The Kier molecular flexibility index (Phi) is 10.8. The van der Waals surface area contributed by atoms with E-state index >= 15 is 0 Å². The van der Waals surface area contributed by atoms with E-state index in [-0.39, 0.29) is 24.0 Å². The molecule has 5 nitrogen and oxygen atoms in total. The van der Waals surface area contributed by atoms with E-state index in [1.54, 1.807) is 18.4 Å². The SMILES string of the molecule is CCc1cnc(CNC(=NC)NCC(C)N(C)Cc2ccccc2)s1.I. The molecular formula is C19H30IN5S. The van der Waals surface area contributed by atoms with Crippen LogP contribution < -0.4 is 10.6 Å². The number of rotatable bonds is 8. The fourth-order valence-corrected chi connectivity index (χ4v) is 3.20. The monoisotopic (exact) mass is 487 g/mol. The molecule has 0 radical (unpaired) electrons. The van der Waals surface area contributed by atoms with Gasteiger partial charge in [-0.1, -0.05) is 37.3 Å². The van der Waals surface area contributed by atoms with Crippen molar-refractivity contribution in [2.24, 2.45) is 4.99 Å². The zero-order chi connectivity index (χ0) is 18.1. The van der Waals surface area contributed by atoms with Gasteiger partial charge in [-0.25, -0.2) is 4.98 Å². The molecule has 0 spiro atoms. The van der Waals surface area contributed by atoms with Crippen molar-refractivity contribution in [3.05, 3.63) is 52.0 Å². The van der Waals surface area contributed by atoms with E-state index in [1.807, 2.05) is 6.20 Å². The van der Waals surface area contributed by atoms with Gasteiger partial charge in [0, 0.05) is 37.3 Å². The molecule has 0 aliphatic heterocycles. The van der Waals surface area contributed by atoms with E-state index in [9.17, 15) is 0 Å². The highest BCUT2D eigenvalue weighted by Crippen LogP contribution is 2.12. The Hall–Kier alpha value is -1.19. The van der Waals surface area contributed by atoms with Crippen LogP contribution in [0.5, 0.6) is 0 Å². The number of benzene rings is 1. The largest absolute Gasteiger partial charge is 0.355 e. The maximum absolute atomic E-state index is 4.43. The van der Waals surface area contributed by atoms with Gasteiger partial charge >= 0.3 is 0 Å². The van der Waals surface area contributed by atoms with Crippen molar-refractivity contribution < 1.29 is 0 Å². The molecule has 2 aromatic rings. The number of halogens is 1. The summed E-state index contributed by atoms with van der Waals surface area (Å²) >= 11 is 1.75. The summed E-state index contributed by atoms with van der Waals surface area (Å²) in [5, 5.41) is 7.83. The average molecular weight is 487 g/mol. The summed E-state index contributed by atoms with van der Waals surface area (Å²) in [4.78, 5) is 12.4. The summed E-state index contributed by atoms with van der Waals surface area (Å²) in [6.45, 7) is 6.85. The summed E-state index contributed by atoms with van der Waals surface area (Å²) in [6.07, 6.45) is 2.99. The number of nitrogens with zero attached hydrogens (tertiary/aromatic N) is 3. The van der Waals surface area contributed by atoms with Gasteiger partial charge in [-0.05, 0) is 26.0 Å². The minimum absolute atomic E-state index is 0. The van der Waals surface area contributed by atoms with Gasteiger partial charge in [-0.3, -0.25) is 9.89 Å². The highest BCUT2D eigenvalue weighted by Gasteiger charge is 2.10. The van der Waals surface area contributed by atoms with Crippen molar-refractivity contribution in [3.63, 3.8) is 0 Å². The van der Waals surface area contributed by atoms with Crippen LogP contribution in [0.25, 0.3) is 0 Å². The second-order valence-electron chi connectivity index (χ2n) is 6.13. The molecule has 0 amide bonds. The molecule has 2 rings (SSSR count). The van der Waals surface area contributed by atoms with Crippen LogP contribution in [0.15, 0.2) is 41.5 Å². The van der Waals surface area contributed by atoms with Crippen molar-refractivity contribution >= 4 is 41.3 Å². The van der Waals surface area contributed by atoms with Crippen LogP contribution in [0.1, 0.15) is 29.3 Å². The van der Waals surface area contributed by atoms with Gasteiger partial charge in [-0.15, -0.1) is 35.3 Å². The van der Waals surface area contributed by atoms with Crippen LogP contribution in [-0.4, -0.2) is 42.5 Å². The third-order valence-electron chi connectivity index (χ3n) is 4.17. The van der Waals surface area contributed by atoms with E-state index in [0.717, 1.165) is 30.5 Å². The number of likely N-dealkylation sites (N-methyl/N-ethyl adjacent to an activating group) is 1. The Morgan fingerprint density at radius 1 is 1.27 bits per heavy atom. The number of aromatic nitrogens is 1. The first-order chi connectivity index (χ1) is 12.1. The highest BCUT2D eigenvalue weighted by molar-refractivity contribution is 14.0. The molecule has 1 aromatic carbocycles. The zero-order valence-corrected chi connectivity index (χ0v) is 19.2. The van der Waals surface area contributed by atoms with Gasteiger partial charge in [0.05, 0.1) is 6.54 Å². The lowest BCUT2D eigenvalue weighted by atomic mass is 10.2. The maximum Gasteiger partial charge on any atom is 0.191 e. The molecule has 1 unspecified atom stereocenters. The highest BCUT2D eigenvalue weighted by atomic mass is 127. The fraction of sp³-hybridized carbons (Fsp3) is 0.474. The first-order valence-electron chi connectivity index (χ1n) is 8.74. The quantitative estimate of drug-likeness (QED) is 0.340. The van der Waals surface area contributed by atoms with Crippen LogP contribution in [0.3, 0.4) is 0 Å². The third kappa shape index (κ3) is 7.59. The summed E-state index contributed by atoms with van der Waals surface area (Å²) < 4.78 is 0. The average Bonchev–Trinajstić information content (AvgIpc) is 3.10. The number of nitrogens with one attached hydrogen (secondary N) is 2. The number of hydrogen-bond donors (Lipinski definition) is 2. The molecule has 7 heteroatoms. The number of aryl methyl sites for hydroxylation is 1. The second kappa shape index (κ2) is 12.2. The molecule has 2 N–H and O–H groups in total. The van der Waals surface area contributed by atoms with Crippen LogP contribution in [0.2, 0.25) is 0 Å². The molecular weight excluding hydrogens is 457 g/mol. The van der Waals surface area contributed by atoms with Gasteiger partial charge in [0.1, 0.15) is 5.01 Å². The van der Waals surface area contributed by atoms with Crippen LogP contribution in [0, 0.1) is 0 Å². The molecule has 0 saturated carbocycles. The molecule has 144 valence electrons. The van der Waals surface area contributed by atoms with Crippen LogP contribution in [0.4, 0.5) is 0 Å². The number of aliphatic imine (C=N–C) groups is 1. The minimum Gasteiger partial charge on any atom is -0.355 e. The minimum atomic E-state index is 0. The molecule has 1 heterocycles. The lowest BCUT2D eigenvalue weighted by molar-refractivity contribution is 0.249. The van der Waals surface area contributed by atoms with Crippen molar-refractivity contribution in [2.75, 3.05) is 20.6 Å². The molecule has 0 aliphatic carbocycles. The smallest absolute Gasteiger partial charge is 0.191 e.